The highest BCUT2D eigenvalue weighted by molar-refractivity contribution is 6.00. The number of hydrazone groups is 1. The first-order chi connectivity index (χ1) is 13.1. The molecule has 0 aliphatic heterocycles. The molecule has 2 aromatic heterocycles. The molecule has 8 nitrogen and oxygen atoms in total. The van der Waals surface area contributed by atoms with Gasteiger partial charge in [-0.05, 0) is 37.3 Å². The zero-order valence-corrected chi connectivity index (χ0v) is 15.2. The van der Waals surface area contributed by atoms with Crippen molar-refractivity contribution in [1.29, 1.82) is 0 Å². The second-order valence-electron chi connectivity index (χ2n) is 5.62. The van der Waals surface area contributed by atoms with Gasteiger partial charge >= 0.3 is 0 Å². The van der Waals surface area contributed by atoms with Gasteiger partial charge in [-0.2, -0.15) is 10.2 Å². The van der Waals surface area contributed by atoms with Gasteiger partial charge in [-0.3, -0.25) is 14.9 Å². The molecule has 0 aliphatic rings. The molecule has 3 rings (SSSR count). The van der Waals surface area contributed by atoms with Crippen LogP contribution in [0.4, 0.5) is 0 Å². The number of carbonyl (C=O) groups is 1. The Bertz CT molecular complexity index is 966. The van der Waals surface area contributed by atoms with Crippen molar-refractivity contribution >= 4 is 11.6 Å². The number of nitrogens with zero attached hydrogens (tertiary/aromatic N) is 3. The molecule has 1 aromatic carbocycles. The van der Waals surface area contributed by atoms with E-state index < -0.39 is 5.91 Å². The normalized spacial score (nSPS) is 11.1. The maximum atomic E-state index is 12.3. The number of aromatic nitrogens is 3. The number of ether oxygens (including phenoxy) is 2. The molecule has 0 saturated heterocycles. The van der Waals surface area contributed by atoms with Crippen LogP contribution in [0.1, 0.15) is 23.0 Å². The van der Waals surface area contributed by atoms with Crippen molar-refractivity contribution in [2.75, 3.05) is 14.2 Å². The van der Waals surface area contributed by atoms with Gasteiger partial charge in [0, 0.05) is 23.5 Å². The van der Waals surface area contributed by atoms with Gasteiger partial charge in [0.15, 0.2) is 11.5 Å². The summed E-state index contributed by atoms with van der Waals surface area (Å²) in [4.78, 5) is 16.3. The van der Waals surface area contributed by atoms with E-state index in [9.17, 15) is 4.79 Å². The van der Waals surface area contributed by atoms with Crippen molar-refractivity contribution in [3.05, 3.63) is 60.0 Å². The van der Waals surface area contributed by atoms with E-state index in [2.05, 4.69) is 25.7 Å². The minimum absolute atomic E-state index is 0.294. The lowest BCUT2D eigenvalue weighted by Gasteiger charge is -2.08. The fourth-order valence-electron chi connectivity index (χ4n) is 2.42. The lowest BCUT2D eigenvalue weighted by Crippen LogP contribution is -2.19. The van der Waals surface area contributed by atoms with Crippen molar-refractivity contribution in [3.8, 4) is 22.8 Å². The van der Waals surface area contributed by atoms with E-state index in [1.165, 1.54) is 0 Å². The van der Waals surface area contributed by atoms with Gasteiger partial charge in [0.1, 0.15) is 5.69 Å². The Hall–Kier alpha value is -3.68. The van der Waals surface area contributed by atoms with Crippen LogP contribution in [0.15, 0.2) is 53.9 Å². The van der Waals surface area contributed by atoms with Crippen LogP contribution in [0.5, 0.6) is 11.5 Å². The average Bonchev–Trinajstić information content (AvgIpc) is 3.22. The second-order valence-corrected chi connectivity index (χ2v) is 5.62. The van der Waals surface area contributed by atoms with Crippen molar-refractivity contribution < 1.29 is 14.3 Å². The van der Waals surface area contributed by atoms with Crippen LogP contribution in [-0.2, 0) is 0 Å². The zero-order chi connectivity index (χ0) is 19.2. The van der Waals surface area contributed by atoms with Gasteiger partial charge in [-0.15, -0.1) is 0 Å². The summed E-state index contributed by atoms with van der Waals surface area (Å²) in [6.45, 7) is 1.79. The van der Waals surface area contributed by atoms with Crippen molar-refractivity contribution in [1.82, 2.24) is 20.6 Å². The maximum absolute atomic E-state index is 12.3. The summed E-state index contributed by atoms with van der Waals surface area (Å²) in [5.74, 6) is 0.813. The Morgan fingerprint density at radius 3 is 2.67 bits per heavy atom. The number of carbonyl (C=O) groups excluding carboxylic acids is 1. The molecule has 0 bridgehead atoms. The van der Waals surface area contributed by atoms with Crippen LogP contribution in [-0.4, -0.2) is 41.0 Å². The van der Waals surface area contributed by atoms with Crippen LogP contribution in [0, 0.1) is 0 Å². The first-order valence-corrected chi connectivity index (χ1v) is 8.15. The molecule has 0 fully saturated rings. The summed E-state index contributed by atoms with van der Waals surface area (Å²) < 4.78 is 10.5. The number of hydrogen-bond donors (Lipinski definition) is 2. The standard InChI is InChI=1S/C19H19N5O3/c1-12(14-5-4-8-20-11-14)21-24-19(25)16-10-15(22-23-16)13-6-7-17(26-2)18(9-13)27-3/h4-11H,1-3H3,(H,22,23)(H,24,25). The van der Waals surface area contributed by atoms with E-state index in [1.807, 2.05) is 12.1 Å². The molecule has 0 aliphatic carbocycles. The van der Waals surface area contributed by atoms with E-state index in [0.29, 0.717) is 28.6 Å². The molecule has 2 N–H and O–H groups in total. The second kappa shape index (κ2) is 8.13. The van der Waals surface area contributed by atoms with Crippen LogP contribution >= 0.6 is 0 Å². The van der Waals surface area contributed by atoms with Crippen LogP contribution < -0.4 is 14.9 Å². The molecule has 0 atom stereocenters. The Labute approximate surface area is 156 Å². The zero-order valence-electron chi connectivity index (χ0n) is 15.2. The van der Waals surface area contributed by atoms with E-state index in [0.717, 1.165) is 11.1 Å². The molecule has 8 heteroatoms. The first-order valence-electron chi connectivity index (χ1n) is 8.15. The van der Waals surface area contributed by atoms with Gasteiger partial charge in [0.2, 0.25) is 0 Å². The molecule has 3 aromatic rings. The smallest absolute Gasteiger partial charge is 0.289 e. The van der Waals surface area contributed by atoms with Crippen molar-refractivity contribution in [3.63, 3.8) is 0 Å². The number of hydrogen-bond acceptors (Lipinski definition) is 6. The minimum Gasteiger partial charge on any atom is -0.493 e. The lowest BCUT2D eigenvalue weighted by atomic mass is 10.1. The van der Waals surface area contributed by atoms with Crippen molar-refractivity contribution in [2.45, 2.75) is 6.92 Å². The van der Waals surface area contributed by atoms with Gasteiger partial charge in [0.25, 0.3) is 5.91 Å². The Balaban J connectivity index is 1.74. The molecule has 138 valence electrons. The van der Waals surface area contributed by atoms with Gasteiger partial charge in [0.05, 0.1) is 25.6 Å². The summed E-state index contributed by atoms with van der Waals surface area (Å²) in [6.07, 6.45) is 3.35. The number of amides is 1. The predicted molar refractivity (Wildman–Crippen MR) is 101 cm³/mol. The topological polar surface area (TPSA) is 101 Å². The average molecular weight is 365 g/mol. The minimum atomic E-state index is -0.391. The first kappa shape index (κ1) is 18.1. The summed E-state index contributed by atoms with van der Waals surface area (Å²) in [5, 5.41) is 11.0. The molecule has 0 unspecified atom stereocenters. The van der Waals surface area contributed by atoms with Crippen LogP contribution in [0.25, 0.3) is 11.3 Å². The van der Waals surface area contributed by atoms with E-state index in [-0.39, 0.29) is 0 Å². The number of methoxy groups -OCH3 is 2. The summed E-state index contributed by atoms with van der Waals surface area (Å²) in [7, 11) is 3.14. The van der Waals surface area contributed by atoms with Gasteiger partial charge in [-0.25, -0.2) is 5.43 Å². The number of aromatic amines is 1. The third-order valence-electron chi connectivity index (χ3n) is 3.91. The fraction of sp³-hybridized carbons (Fsp3) is 0.158. The number of nitrogens with one attached hydrogen (secondary N) is 2. The molecular weight excluding hydrogens is 346 g/mol. The monoisotopic (exact) mass is 365 g/mol. The number of pyridine rings is 1. The molecule has 0 spiro atoms. The third kappa shape index (κ3) is 4.12. The maximum Gasteiger partial charge on any atom is 0.289 e. The number of H-pyrrole nitrogens is 1. The largest absolute Gasteiger partial charge is 0.493 e. The van der Waals surface area contributed by atoms with E-state index in [1.54, 1.807) is 57.8 Å². The molecule has 1 amide bonds. The highest BCUT2D eigenvalue weighted by Crippen LogP contribution is 2.31. The molecule has 0 radical (unpaired) electrons. The Morgan fingerprint density at radius 1 is 1.15 bits per heavy atom. The molecule has 27 heavy (non-hydrogen) atoms. The Kier molecular flexibility index (Phi) is 5.46. The van der Waals surface area contributed by atoms with Gasteiger partial charge < -0.3 is 9.47 Å². The van der Waals surface area contributed by atoms with Crippen LogP contribution in [0.3, 0.4) is 0 Å². The SMILES string of the molecule is COc1ccc(-c2cc(C(=O)NN=C(C)c3cccnc3)[nH]n2)cc1OC. The highest BCUT2D eigenvalue weighted by Gasteiger charge is 2.13. The molecular formula is C19H19N5O3. The van der Waals surface area contributed by atoms with Crippen LogP contribution in [0.2, 0.25) is 0 Å². The molecule has 2 heterocycles. The summed E-state index contributed by atoms with van der Waals surface area (Å²) in [5.41, 5.74) is 5.67. The molecule has 0 saturated carbocycles. The quantitative estimate of drug-likeness (QED) is 0.516. The third-order valence-corrected chi connectivity index (χ3v) is 3.91. The lowest BCUT2D eigenvalue weighted by molar-refractivity contribution is 0.0950. The van der Waals surface area contributed by atoms with E-state index >= 15 is 0 Å². The predicted octanol–water partition coefficient (Wildman–Crippen LogP) is 2.64. The fourth-order valence-corrected chi connectivity index (χ4v) is 2.42. The van der Waals surface area contributed by atoms with Crippen molar-refractivity contribution in [2.24, 2.45) is 5.10 Å². The van der Waals surface area contributed by atoms with Gasteiger partial charge in [-0.1, -0.05) is 6.07 Å². The summed E-state index contributed by atoms with van der Waals surface area (Å²) in [6, 6.07) is 10.7. The number of rotatable bonds is 6. The highest BCUT2D eigenvalue weighted by atomic mass is 16.5. The van der Waals surface area contributed by atoms with E-state index in [4.69, 9.17) is 9.47 Å². The Morgan fingerprint density at radius 2 is 1.96 bits per heavy atom. The number of benzene rings is 1. The summed E-state index contributed by atoms with van der Waals surface area (Å²) >= 11 is 0.